The summed E-state index contributed by atoms with van der Waals surface area (Å²) in [5.41, 5.74) is 0.310. The lowest BCUT2D eigenvalue weighted by Crippen LogP contribution is -2.22. The summed E-state index contributed by atoms with van der Waals surface area (Å²) in [4.78, 5) is 25.3. The molecule has 0 fully saturated rings. The maximum Gasteiger partial charge on any atom is 0.269 e. The smallest absolute Gasteiger partial charge is 0.269 e. The van der Waals surface area contributed by atoms with Crippen LogP contribution in [0.1, 0.15) is 49.9 Å². The summed E-state index contributed by atoms with van der Waals surface area (Å²) >= 11 is 0. The van der Waals surface area contributed by atoms with Gasteiger partial charge in [0, 0.05) is 27.8 Å². The Morgan fingerprint density at radius 3 is 1.64 bits per heavy atom. The first-order valence-electron chi connectivity index (χ1n) is 7.38. The fourth-order valence-electron chi connectivity index (χ4n) is 2.90. The third-order valence-electron chi connectivity index (χ3n) is 4.13. The van der Waals surface area contributed by atoms with Crippen molar-refractivity contribution in [3.63, 3.8) is 0 Å². The summed E-state index contributed by atoms with van der Waals surface area (Å²) in [7, 11) is -4.42. The molecule has 0 aliphatic heterocycles. The van der Waals surface area contributed by atoms with Gasteiger partial charge in [0.2, 0.25) is 0 Å². The number of benzene rings is 2. The van der Waals surface area contributed by atoms with Gasteiger partial charge in [-0.1, -0.05) is 6.92 Å². The van der Waals surface area contributed by atoms with E-state index in [-0.39, 0.29) is 33.6 Å². The molecule has 1 aliphatic carbocycles. The summed E-state index contributed by atoms with van der Waals surface area (Å²) in [5, 5.41) is 19.9. The largest absolute Gasteiger partial charge is 0.508 e. The van der Waals surface area contributed by atoms with Crippen molar-refractivity contribution < 1.29 is 32.8 Å². The molecular weight excluding hydrogens is 348 g/mol. The van der Waals surface area contributed by atoms with Crippen molar-refractivity contribution >= 4 is 21.7 Å². The van der Waals surface area contributed by atoms with Crippen LogP contribution in [-0.4, -0.2) is 34.8 Å². The molecule has 0 atom stereocenters. The minimum Gasteiger partial charge on any atom is -0.508 e. The van der Waals surface area contributed by atoms with E-state index in [1.54, 1.807) is 6.92 Å². The van der Waals surface area contributed by atoms with Crippen LogP contribution in [-0.2, 0) is 22.3 Å². The quantitative estimate of drug-likeness (QED) is 0.606. The highest BCUT2D eigenvalue weighted by Crippen LogP contribution is 2.35. The number of hydrogen-bond acceptors (Lipinski definition) is 6. The highest BCUT2D eigenvalue weighted by atomic mass is 32.2. The Bertz CT molecular complexity index is 1040. The van der Waals surface area contributed by atoms with Gasteiger partial charge in [0.25, 0.3) is 10.1 Å². The van der Waals surface area contributed by atoms with Crippen LogP contribution in [0.15, 0.2) is 24.3 Å². The van der Waals surface area contributed by atoms with E-state index in [2.05, 4.69) is 0 Å². The van der Waals surface area contributed by atoms with Crippen LogP contribution in [0.25, 0.3) is 0 Å². The second-order valence-electron chi connectivity index (χ2n) is 5.79. The highest BCUT2D eigenvalue weighted by molar-refractivity contribution is 7.85. The lowest BCUT2D eigenvalue weighted by molar-refractivity contribution is 0.0978. The van der Waals surface area contributed by atoms with Crippen LogP contribution in [0.5, 0.6) is 11.5 Å². The Morgan fingerprint density at radius 2 is 1.20 bits per heavy atom. The average Bonchev–Trinajstić information content (AvgIpc) is 2.52. The van der Waals surface area contributed by atoms with Crippen LogP contribution in [0.2, 0.25) is 0 Å². The number of phenolic OH excluding ortho intramolecular Hbond substituents is 2. The number of carbonyl (C=O) groups excluding carboxylic acids is 2. The maximum absolute atomic E-state index is 12.7. The molecule has 8 heteroatoms. The molecular formula is C17H14O7S. The molecule has 0 radical (unpaired) electrons. The van der Waals surface area contributed by atoms with Crippen LogP contribution >= 0.6 is 0 Å². The Kier molecular flexibility index (Phi) is 3.89. The molecule has 2 aromatic carbocycles. The summed E-state index contributed by atoms with van der Waals surface area (Å²) < 4.78 is 31.1. The topological polar surface area (TPSA) is 129 Å². The molecule has 0 unspecified atom stereocenters. The molecule has 1 aliphatic rings. The lowest BCUT2D eigenvalue weighted by Gasteiger charge is -2.20. The maximum atomic E-state index is 12.7. The number of fused-ring (bicyclic) bond motifs is 2. The highest BCUT2D eigenvalue weighted by Gasteiger charge is 2.32. The minimum atomic E-state index is -4.42. The Morgan fingerprint density at radius 1 is 0.800 bits per heavy atom. The minimum absolute atomic E-state index is 0.0223. The van der Waals surface area contributed by atoms with Crippen molar-refractivity contribution in [2.24, 2.45) is 0 Å². The summed E-state index contributed by atoms with van der Waals surface area (Å²) in [6.07, 6.45) is 0.455. The van der Waals surface area contributed by atoms with Crippen molar-refractivity contribution in [1.29, 1.82) is 0 Å². The number of carbonyl (C=O) groups is 2. The monoisotopic (exact) mass is 362 g/mol. The Hall–Kier alpha value is -2.71. The van der Waals surface area contributed by atoms with Gasteiger partial charge in [0.05, 0.1) is 0 Å². The fourth-order valence-corrected chi connectivity index (χ4v) is 3.53. The predicted octanol–water partition coefficient (Wildman–Crippen LogP) is 1.82. The lowest BCUT2D eigenvalue weighted by atomic mass is 9.82. The van der Waals surface area contributed by atoms with Gasteiger partial charge in [-0.3, -0.25) is 14.1 Å². The van der Waals surface area contributed by atoms with Gasteiger partial charge in [0.15, 0.2) is 11.6 Å². The molecule has 0 heterocycles. The van der Waals surface area contributed by atoms with E-state index < -0.39 is 33.2 Å². The van der Waals surface area contributed by atoms with Gasteiger partial charge in [-0.25, -0.2) is 0 Å². The molecule has 0 saturated carbocycles. The first-order valence-corrected chi connectivity index (χ1v) is 8.99. The van der Waals surface area contributed by atoms with Crippen molar-refractivity contribution in [2.75, 3.05) is 0 Å². The van der Waals surface area contributed by atoms with Gasteiger partial charge < -0.3 is 10.2 Å². The zero-order chi connectivity index (χ0) is 18.5. The van der Waals surface area contributed by atoms with Crippen molar-refractivity contribution in [2.45, 2.75) is 19.1 Å². The van der Waals surface area contributed by atoms with Crippen LogP contribution in [0.4, 0.5) is 0 Å². The molecule has 0 spiro atoms. The molecule has 7 nitrogen and oxygen atoms in total. The predicted molar refractivity (Wildman–Crippen MR) is 87.7 cm³/mol. The molecule has 0 aromatic heterocycles. The molecule has 2 aromatic rings. The van der Waals surface area contributed by atoms with E-state index in [9.17, 15) is 28.2 Å². The van der Waals surface area contributed by atoms with E-state index in [4.69, 9.17) is 4.55 Å². The Balaban J connectivity index is 2.22. The zero-order valence-electron chi connectivity index (χ0n) is 13.1. The third-order valence-corrected chi connectivity index (χ3v) is 4.81. The second-order valence-corrected chi connectivity index (χ2v) is 7.24. The van der Waals surface area contributed by atoms with E-state index in [0.29, 0.717) is 12.0 Å². The molecule has 3 rings (SSSR count). The van der Waals surface area contributed by atoms with Gasteiger partial charge in [0.1, 0.15) is 17.3 Å². The second kappa shape index (κ2) is 5.68. The van der Waals surface area contributed by atoms with Crippen molar-refractivity contribution in [3.8, 4) is 11.5 Å². The van der Waals surface area contributed by atoms with Gasteiger partial charge in [-0.05, 0) is 36.2 Å². The standard InChI is InChI=1S/C17H14O7S/c1-2-8-3-10-12(5-14(8)18)17(21)13-6-15(19)9(7-25(22,23)24)4-11(13)16(10)20/h3-6,18-19H,2,7H2,1H3,(H,22,23,24). The number of hydrogen-bond donors (Lipinski definition) is 3. The summed E-state index contributed by atoms with van der Waals surface area (Å²) in [6, 6.07) is 4.76. The van der Waals surface area contributed by atoms with E-state index in [1.165, 1.54) is 12.1 Å². The van der Waals surface area contributed by atoms with E-state index in [0.717, 1.165) is 12.1 Å². The van der Waals surface area contributed by atoms with Gasteiger partial charge >= 0.3 is 0 Å². The number of rotatable bonds is 3. The number of phenols is 2. The molecule has 0 amide bonds. The normalized spacial score (nSPS) is 13.5. The molecule has 3 N–H and O–H groups in total. The molecule has 130 valence electrons. The zero-order valence-corrected chi connectivity index (χ0v) is 13.9. The van der Waals surface area contributed by atoms with Crippen LogP contribution in [0, 0.1) is 0 Å². The van der Waals surface area contributed by atoms with E-state index >= 15 is 0 Å². The number of ketones is 2. The Labute approximate surface area is 143 Å². The molecule has 0 bridgehead atoms. The molecule has 25 heavy (non-hydrogen) atoms. The average molecular weight is 362 g/mol. The van der Waals surface area contributed by atoms with Crippen molar-refractivity contribution in [3.05, 3.63) is 57.6 Å². The van der Waals surface area contributed by atoms with E-state index in [1.807, 2.05) is 0 Å². The van der Waals surface area contributed by atoms with Gasteiger partial charge in [-0.15, -0.1) is 0 Å². The fraction of sp³-hybridized carbons (Fsp3) is 0.176. The summed E-state index contributed by atoms with van der Waals surface area (Å²) in [5.74, 6) is -2.57. The number of aromatic hydroxyl groups is 2. The van der Waals surface area contributed by atoms with Crippen LogP contribution in [0.3, 0.4) is 0 Å². The first-order chi connectivity index (χ1) is 11.6. The SMILES string of the molecule is CCc1cc2c(cc1O)C(=O)c1cc(O)c(CS(=O)(=O)O)cc1C2=O. The first kappa shape index (κ1) is 17.1. The number of aryl methyl sites for hydroxylation is 1. The summed E-state index contributed by atoms with van der Waals surface area (Å²) in [6.45, 7) is 1.78. The molecule has 0 saturated heterocycles. The van der Waals surface area contributed by atoms with Gasteiger partial charge in [-0.2, -0.15) is 8.42 Å². The van der Waals surface area contributed by atoms with Crippen molar-refractivity contribution in [1.82, 2.24) is 0 Å². The third kappa shape index (κ3) is 2.90. The van der Waals surface area contributed by atoms with Crippen LogP contribution < -0.4 is 0 Å².